The summed E-state index contributed by atoms with van der Waals surface area (Å²) in [5.41, 5.74) is 7.96. The van der Waals surface area contributed by atoms with Gasteiger partial charge in [0.2, 0.25) is 0 Å². The number of aromatic nitrogens is 1. The summed E-state index contributed by atoms with van der Waals surface area (Å²) < 4.78 is 10.8. The summed E-state index contributed by atoms with van der Waals surface area (Å²) in [5.74, 6) is 1.15. The highest BCUT2D eigenvalue weighted by Crippen LogP contribution is 2.27. The van der Waals surface area contributed by atoms with Gasteiger partial charge < -0.3 is 25.4 Å². The van der Waals surface area contributed by atoms with Crippen molar-refractivity contribution in [3.05, 3.63) is 23.4 Å². The Balaban J connectivity index is 1.69. The number of nitrogens with two attached hydrogens (primary N) is 1. The lowest BCUT2D eigenvalue weighted by Gasteiger charge is -2.24. The number of amides is 1. The summed E-state index contributed by atoms with van der Waals surface area (Å²) >= 11 is 0. The molecule has 0 aromatic carbocycles. The zero-order chi connectivity index (χ0) is 19.6. The summed E-state index contributed by atoms with van der Waals surface area (Å²) in [6.45, 7) is 7.66. The maximum Gasteiger partial charge on any atom is 0.407 e. The van der Waals surface area contributed by atoms with Crippen molar-refractivity contribution in [3.63, 3.8) is 0 Å². The predicted octanol–water partition coefficient (Wildman–Crippen LogP) is 1.87. The molecule has 2 unspecified atom stereocenters. The van der Waals surface area contributed by atoms with Gasteiger partial charge in [0.25, 0.3) is 0 Å². The smallest absolute Gasteiger partial charge is 0.407 e. The maximum atomic E-state index is 12.2. The van der Waals surface area contributed by atoms with E-state index < -0.39 is 5.60 Å². The monoisotopic (exact) mass is 376 g/mol. The number of fused-ring (bicyclic) bond motifs is 1. The van der Waals surface area contributed by atoms with Gasteiger partial charge in [-0.05, 0) is 51.7 Å². The van der Waals surface area contributed by atoms with E-state index >= 15 is 0 Å². The first kappa shape index (κ1) is 19.9. The molecule has 7 nitrogen and oxygen atoms in total. The molecule has 2 aliphatic rings. The molecule has 1 aromatic heterocycles. The number of hydrogen-bond donors (Lipinski definition) is 2. The fraction of sp³-hybridized carbons (Fsp3) is 0.700. The third kappa shape index (κ3) is 5.11. The van der Waals surface area contributed by atoms with Crippen LogP contribution in [0.1, 0.15) is 38.4 Å². The Morgan fingerprint density at radius 3 is 2.85 bits per heavy atom. The van der Waals surface area contributed by atoms with Crippen molar-refractivity contribution in [2.75, 3.05) is 31.7 Å². The van der Waals surface area contributed by atoms with Crippen molar-refractivity contribution in [2.24, 2.45) is 11.7 Å². The van der Waals surface area contributed by atoms with Gasteiger partial charge in [0.1, 0.15) is 11.4 Å². The molecular weight excluding hydrogens is 344 g/mol. The van der Waals surface area contributed by atoms with Crippen LogP contribution < -0.4 is 16.0 Å². The predicted molar refractivity (Wildman–Crippen MR) is 105 cm³/mol. The molecule has 1 aromatic rings. The average molecular weight is 377 g/mol. The van der Waals surface area contributed by atoms with Crippen LogP contribution in [-0.4, -0.2) is 55.6 Å². The average Bonchev–Trinajstić information content (AvgIpc) is 2.95. The first-order valence-corrected chi connectivity index (χ1v) is 9.73. The molecule has 1 aliphatic carbocycles. The van der Waals surface area contributed by atoms with Crippen LogP contribution >= 0.6 is 0 Å². The Morgan fingerprint density at radius 1 is 1.37 bits per heavy atom. The second-order valence-electron chi connectivity index (χ2n) is 8.65. The highest BCUT2D eigenvalue weighted by Gasteiger charge is 2.35. The lowest BCUT2D eigenvalue weighted by molar-refractivity contribution is 0.0480. The number of nitrogens with one attached hydrogen (secondary N) is 1. The summed E-state index contributed by atoms with van der Waals surface area (Å²) in [7, 11) is 1.69. The van der Waals surface area contributed by atoms with Crippen LogP contribution in [0, 0.1) is 5.92 Å². The number of pyridine rings is 1. The number of methoxy groups -OCH3 is 1. The fourth-order valence-electron chi connectivity index (χ4n) is 3.87. The number of rotatable bonds is 4. The van der Waals surface area contributed by atoms with Gasteiger partial charge in [0, 0.05) is 37.9 Å². The van der Waals surface area contributed by atoms with E-state index in [4.69, 9.17) is 20.2 Å². The Morgan fingerprint density at radius 2 is 2.15 bits per heavy atom. The molecule has 2 heterocycles. The molecule has 3 atom stereocenters. The van der Waals surface area contributed by atoms with Crippen LogP contribution in [-0.2, 0) is 22.3 Å². The van der Waals surface area contributed by atoms with Crippen LogP contribution in [0.3, 0.4) is 0 Å². The molecular formula is C20H32N4O3. The molecule has 1 aliphatic heterocycles. The molecule has 27 heavy (non-hydrogen) atoms. The van der Waals surface area contributed by atoms with Crippen LogP contribution in [0.5, 0.6) is 0 Å². The van der Waals surface area contributed by atoms with Crippen molar-refractivity contribution in [1.82, 2.24) is 10.3 Å². The molecule has 0 bridgehead atoms. The Hall–Kier alpha value is -1.86. The Bertz CT molecular complexity index is 674. The number of hydrogen-bond acceptors (Lipinski definition) is 6. The Kier molecular flexibility index (Phi) is 5.91. The van der Waals surface area contributed by atoms with Crippen molar-refractivity contribution in [3.8, 4) is 0 Å². The van der Waals surface area contributed by atoms with Gasteiger partial charge in [-0.3, -0.25) is 0 Å². The van der Waals surface area contributed by atoms with Crippen LogP contribution in [0.2, 0.25) is 0 Å². The summed E-state index contributed by atoms with van der Waals surface area (Å²) in [6, 6.07) is 4.42. The van der Waals surface area contributed by atoms with E-state index in [1.54, 1.807) is 7.11 Å². The van der Waals surface area contributed by atoms with E-state index in [1.165, 1.54) is 5.56 Å². The largest absolute Gasteiger partial charge is 0.444 e. The van der Waals surface area contributed by atoms with Gasteiger partial charge in [-0.25, -0.2) is 9.78 Å². The van der Waals surface area contributed by atoms with Gasteiger partial charge >= 0.3 is 6.09 Å². The number of alkyl carbamates (subject to hydrolysis) is 1. The van der Waals surface area contributed by atoms with Gasteiger partial charge in [-0.2, -0.15) is 0 Å². The van der Waals surface area contributed by atoms with Gasteiger partial charge in [0.05, 0.1) is 12.6 Å². The summed E-state index contributed by atoms with van der Waals surface area (Å²) in [4.78, 5) is 19.3. The first-order chi connectivity index (χ1) is 12.7. The minimum Gasteiger partial charge on any atom is -0.444 e. The molecule has 0 saturated carbocycles. The highest BCUT2D eigenvalue weighted by atomic mass is 16.6. The molecule has 3 N–H and O–H groups in total. The number of ether oxygens (including phenoxy) is 2. The van der Waals surface area contributed by atoms with Crippen molar-refractivity contribution in [1.29, 1.82) is 0 Å². The quantitative estimate of drug-likeness (QED) is 0.834. The lowest BCUT2D eigenvalue weighted by atomic mass is 9.92. The van der Waals surface area contributed by atoms with Gasteiger partial charge in [-0.1, -0.05) is 6.07 Å². The third-order valence-electron chi connectivity index (χ3n) is 5.14. The zero-order valence-electron chi connectivity index (χ0n) is 16.8. The zero-order valence-corrected chi connectivity index (χ0v) is 16.8. The molecule has 1 fully saturated rings. The van der Waals surface area contributed by atoms with Crippen molar-refractivity contribution < 1.29 is 14.3 Å². The topological polar surface area (TPSA) is 89.7 Å². The number of carbonyl (C=O) groups excluding carboxylic acids is 1. The highest BCUT2D eigenvalue weighted by molar-refractivity contribution is 5.68. The van der Waals surface area contributed by atoms with Crippen molar-refractivity contribution in [2.45, 2.75) is 57.7 Å². The maximum absolute atomic E-state index is 12.2. The molecule has 3 rings (SSSR count). The van der Waals surface area contributed by atoms with Gasteiger partial charge in [-0.15, -0.1) is 0 Å². The number of nitrogens with zero attached hydrogens (tertiary/aromatic N) is 2. The number of carbonyl (C=O) groups is 1. The van der Waals surface area contributed by atoms with Crippen molar-refractivity contribution >= 4 is 11.9 Å². The van der Waals surface area contributed by atoms with E-state index in [1.807, 2.05) is 20.8 Å². The minimum absolute atomic E-state index is 0.0361. The summed E-state index contributed by atoms with van der Waals surface area (Å²) in [5, 5.41) is 3.01. The summed E-state index contributed by atoms with van der Waals surface area (Å²) in [6.07, 6.45) is 2.43. The van der Waals surface area contributed by atoms with E-state index in [0.29, 0.717) is 13.2 Å². The number of anilines is 1. The van der Waals surface area contributed by atoms with E-state index in [0.717, 1.165) is 37.3 Å². The van der Waals surface area contributed by atoms with Crippen LogP contribution in [0.25, 0.3) is 0 Å². The van der Waals surface area contributed by atoms with E-state index in [9.17, 15) is 4.79 Å². The van der Waals surface area contributed by atoms with E-state index in [-0.39, 0.29) is 24.1 Å². The van der Waals surface area contributed by atoms with Gasteiger partial charge in [0.15, 0.2) is 0 Å². The van der Waals surface area contributed by atoms with E-state index in [2.05, 4.69) is 22.3 Å². The standard InChI is InChI=1S/C20H32N4O3/c1-20(2,3)27-19(25)23-17-11-24(10-14(17)12-26-4)18-8-5-13-9-15(21)6-7-16(13)22-18/h5,8,14-15,17H,6-7,9-12,21H2,1-4H3,(H,23,25)/t14?,15-,17?/m0/s1. The number of aryl methyl sites for hydroxylation is 1. The molecule has 150 valence electrons. The van der Waals surface area contributed by atoms with Crippen LogP contribution in [0.4, 0.5) is 10.6 Å². The molecule has 0 radical (unpaired) electrons. The second kappa shape index (κ2) is 8.02. The molecule has 0 spiro atoms. The lowest BCUT2D eigenvalue weighted by Crippen LogP contribution is -2.44. The second-order valence-corrected chi connectivity index (χ2v) is 8.65. The molecule has 7 heteroatoms. The Labute approximate surface area is 161 Å². The minimum atomic E-state index is -0.514. The molecule has 1 saturated heterocycles. The van der Waals surface area contributed by atoms with Crippen LogP contribution in [0.15, 0.2) is 12.1 Å². The fourth-order valence-corrected chi connectivity index (χ4v) is 3.87. The normalized spacial score (nSPS) is 25.2. The molecule has 1 amide bonds. The first-order valence-electron chi connectivity index (χ1n) is 9.73. The SMILES string of the molecule is COCC1CN(c2ccc3c(n2)CC[C@H](N)C3)CC1NC(=O)OC(C)(C)C. The third-order valence-corrected chi connectivity index (χ3v) is 5.14.